The van der Waals surface area contributed by atoms with Crippen molar-refractivity contribution in [3.05, 3.63) is 0 Å². The average Bonchev–Trinajstić information content (AvgIpc) is 2.29. The third-order valence-electron chi connectivity index (χ3n) is 2.52. The van der Waals surface area contributed by atoms with E-state index in [0.29, 0.717) is 6.42 Å². The van der Waals surface area contributed by atoms with E-state index >= 15 is 0 Å². The van der Waals surface area contributed by atoms with E-state index in [1.54, 1.807) is 0 Å². The number of urea groups is 1. The fraction of sp³-hybridized carbons (Fsp3) is 0.769. The smallest absolute Gasteiger partial charge is 0.315 e. The summed E-state index contributed by atoms with van der Waals surface area (Å²) in [6, 6.07) is -0.474. The first-order valence-electron chi connectivity index (χ1n) is 6.68. The van der Waals surface area contributed by atoms with Crippen molar-refractivity contribution < 1.29 is 19.5 Å². The second kappa shape index (κ2) is 8.39. The third kappa shape index (κ3) is 10.2. The summed E-state index contributed by atoms with van der Waals surface area (Å²) in [7, 11) is 0. The van der Waals surface area contributed by atoms with E-state index < -0.39 is 12.0 Å². The predicted octanol–water partition coefficient (Wildman–Crippen LogP) is 0.701. The summed E-state index contributed by atoms with van der Waals surface area (Å²) in [6.45, 7) is 7.58. The Morgan fingerprint density at radius 1 is 1.15 bits per heavy atom. The highest BCUT2D eigenvalue weighted by Gasteiger charge is 2.15. The number of rotatable bonds is 7. The van der Waals surface area contributed by atoms with Gasteiger partial charge in [0.25, 0.3) is 0 Å². The Kier molecular flexibility index (Phi) is 7.64. The highest BCUT2D eigenvalue weighted by Crippen LogP contribution is 2.06. The zero-order valence-corrected chi connectivity index (χ0v) is 12.6. The molecule has 116 valence electrons. The first-order valence-corrected chi connectivity index (χ1v) is 6.68. The third-order valence-corrected chi connectivity index (χ3v) is 2.52. The predicted molar refractivity (Wildman–Crippen MR) is 75.3 cm³/mol. The van der Waals surface area contributed by atoms with Crippen LogP contribution in [0.25, 0.3) is 0 Å². The van der Waals surface area contributed by atoms with Gasteiger partial charge in [-0.1, -0.05) is 13.3 Å². The quantitative estimate of drug-likeness (QED) is 0.553. The van der Waals surface area contributed by atoms with Gasteiger partial charge in [0.1, 0.15) is 0 Å². The molecule has 0 aromatic carbocycles. The number of carbonyl (C=O) groups excluding carboxylic acids is 2. The summed E-state index contributed by atoms with van der Waals surface area (Å²) < 4.78 is 0. The van der Waals surface area contributed by atoms with Crippen LogP contribution in [0.1, 0.15) is 40.5 Å². The molecule has 0 bridgehead atoms. The second-order valence-electron chi connectivity index (χ2n) is 5.73. The van der Waals surface area contributed by atoms with Gasteiger partial charge in [0, 0.05) is 18.5 Å². The normalized spacial score (nSPS) is 12.4. The Labute approximate surface area is 119 Å². The lowest BCUT2D eigenvalue weighted by atomic mass is 10.0. The molecule has 7 nitrogen and oxygen atoms in total. The van der Waals surface area contributed by atoms with Crippen molar-refractivity contribution in [2.75, 3.05) is 13.1 Å². The van der Waals surface area contributed by atoms with Gasteiger partial charge in [0.05, 0.1) is 6.54 Å². The Morgan fingerprint density at radius 3 is 2.20 bits per heavy atom. The van der Waals surface area contributed by atoms with Crippen molar-refractivity contribution in [2.24, 2.45) is 5.92 Å². The summed E-state index contributed by atoms with van der Waals surface area (Å²) in [5.74, 6) is -1.27. The summed E-state index contributed by atoms with van der Waals surface area (Å²) >= 11 is 0. The van der Waals surface area contributed by atoms with E-state index in [1.165, 1.54) is 0 Å². The molecule has 0 aliphatic heterocycles. The molecule has 0 saturated heterocycles. The molecule has 0 aromatic heterocycles. The van der Waals surface area contributed by atoms with Crippen molar-refractivity contribution >= 4 is 17.9 Å². The number of carboxylic acid groups (broad SMARTS) is 1. The van der Waals surface area contributed by atoms with Crippen molar-refractivity contribution in [3.63, 3.8) is 0 Å². The minimum absolute atomic E-state index is 0.0152. The highest BCUT2D eigenvalue weighted by atomic mass is 16.4. The van der Waals surface area contributed by atoms with Crippen LogP contribution >= 0.6 is 0 Å². The maximum Gasteiger partial charge on any atom is 0.315 e. The number of carboxylic acids is 1. The van der Waals surface area contributed by atoms with Gasteiger partial charge in [-0.3, -0.25) is 9.59 Å². The van der Waals surface area contributed by atoms with Crippen LogP contribution < -0.4 is 16.0 Å². The standard InChI is InChI=1S/C13H25N3O4/c1-5-9(6-11(18)19)7-14-12(20)15-8-10(17)16-13(2,3)4/h9H,5-8H2,1-4H3,(H,16,17)(H,18,19)(H2,14,15,20). The van der Waals surface area contributed by atoms with Crippen LogP contribution in [0.3, 0.4) is 0 Å². The molecule has 0 heterocycles. The molecule has 0 aliphatic carbocycles. The molecule has 1 unspecified atom stereocenters. The Bertz CT molecular complexity index is 350. The number of hydrogen-bond donors (Lipinski definition) is 4. The maximum absolute atomic E-state index is 11.5. The van der Waals surface area contributed by atoms with Gasteiger partial charge in [-0.2, -0.15) is 0 Å². The second-order valence-corrected chi connectivity index (χ2v) is 5.73. The number of amides is 3. The molecule has 0 saturated carbocycles. The molecule has 20 heavy (non-hydrogen) atoms. The zero-order valence-electron chi connectivity index (χ0n) is 12.6. The molecule has 0 spiro atoms. The van der Waals surface area contributed by atoms with E-state index in [9.17, 15) is 14.4 Å². The monoisotopic (exact) mass is 287 g/mol. The molecular weight excluding hydrogens is 262 g/mol. The fourth-order valence-electron chi connectivity index (χ4n) is 1.53. The summed E-state index contributed by atoms with van der Waals surface area (Å²) in [6.07, 6.45) is 0.679. The Hall–Kier alpha value is -1.79. The first kappa shape index (κ1) is 18.2. The van der Waals surface area contributed by atoms with E-state index in [4.69, 9.17) is 5.11 Å². The highest BCUT2D eigenvalue weighted by molar-refractivity contribution is 5.84. The van der Waals surface area contributed by atoms with Crippen LogP contribution in [-0.2, 0) is 9.59 Å². The van der Waals surface area contributed by atoms with Crippen LogP contribution in [0.5, 0.6) is 0 Å². The Balaban J connectivity index is 3.94. The van der Waals surface area contributed by atoms with Crippen LogP contribution in [-0.4, -0.2) is 41.6 Å². The molecule has 0 fully saturated rings. The minimum atomic E-state index is -0.886. The van der Waals surface area contributed by atoms with Crippen molar-refractivity contribution in [1.82, 2.24) is 16.0 Å². The van der Waals surface area contributed by atoms with Crippen molar-refractivity contribution in [1.29, 1.82) is 0 Å². The lowest BCUT2D eigenvalue weighted by Crippen LogP contribution is -2.48. The van der Waals surface area contributed by atoms with Crippen molar-refractivity contribution in [2.45, 2.75) is 46.1 Å². The van der Waals surface area contributed by atoms with Gasteiger partial charge >= 0.3 is 12.0 Å². The molecule has 0 aromatic rings. The lowest BCUT2D eigenvalue weighted by Gasteiger charge is -2.20. The van der Waals surface area contributed by atoms with Crippen molar-refractivity contribution in [3.8, 4) is 0 Å². The zero-order chi connectivity index (χ0) is 15.8. The van der Waals surface area contributed by atoms with Gasteiger partial charge < -0.3 is 21.1 Å². The van der Waals surface area contributed by atoms with Crippen LogP contribution in [0.2, 0.25) is 0 Å². The summed E-state index contributed by atoms with van der Waals surface area (Å²) in [5.41, 5.74) is -0.343. The molecular formula is C13H25N3O4. The van der Waals surface area contributed by atoms with Crippen LogP contribution in [0.15, 0.2) is 0 Å². The molecule has 7 heteroatoms. The number of aliphatic carboxylic acids is 1. The topological polar surface area (TPSA) is 108 Å². The first-order chi connectivity index (χ1) is 9.14. The average molecular weight is 287 g/mol. The van der Waals surface area contributed by atoms with E-state index in [0.717, 1.165) is 0 Å². The van der Waals surface area contributed by atoms with Gasteiger partial charge in [-0.25, -0.2) is 4.79 Å². The molecule has 1 atom stereocenters. The number of hydrogen-bond acceptors (Lipinski definition) is 3. The summed E-state index contributed by atoms with van der Waals surface area (Å²) in [5, 5.41) is 16.4. The van der Waals surface area contributed by atoms with Gasteiger partial charge in [-0.05, 0) is 26.7 Å². The van der Waals surface area contributed by atoms with Crippen LogP contribution in [0, 0.1) is 5.92 Å². The van der Waals surface area contributed by atoms with Crippen LogP contribution in [0.4, 0.5) is 4.79 Å². The van der Waals surface area contributed by atoms with E-state index in [-0.39, 0.29) is 36.9 Å². The van der Waals surface area contributed by atoms with Gasteiger partial charge in [0.2, 0.25) is 5.91 Å². The number of carbonyl (C=O) groups is 3. The molecule has 0 aliphatic rings. The minimum Gasteiger partial charge on any atom is -0.481 e. The van der Waals surface area contributed by atoms with Gasteiger partial charge in [0.15, 0.2) is 0 Å². The molecule has 3 amide bonds. The van der Waals surface area contributed by atoms with E-state index in [2.05, 4.69) is 16.0 Å². The number of nitrogens with one attached hydrogen (secondary N) is 3. The molecule has 4 N–H and O–H groups in total. The SMILES string of the molecule is CCC(CNC(=O)NCC(=O)NC(C)(C)C)CC(=O)O. The van der Waals surface area contributed by atoms with E-state index in [1.807, 2.05) is 27.7 Å². The summed E-state index contributed by atoms with van der Waals surface area (Å²) in [4.78, 5) is 33.5. The maximum atomic E-state index is 11.5. The Morgan fingerprint density at radius 2 is 1.75 bits per heavy atom. The van der Waals surface area contributed by atoms with Gasteiger partial charge in [-0.15, -0.1) is 0 Å². The lowest BCUT2D eigenvalue weighted by molar-refractivity contribution is -0.138. The molecule has 0 rings (SSSR count). The fourth-order valence-corrected chi connectivity index (χ4v) is 1.53. The molecule has 0 radical (unpaired) electrons. The largest absolute Gasteiger partial charge is 0.481 e.